The lowest BCUT2D eigenvalue weighted by Gasteiger charge is -2.12. The number of aryl methyl sites for hydroxylation is 1. The average molecular weight is 397 g/mol. The standard InChI is InChI=1S/C20H23N5O4/c1-11-9-13(10-15(28-3)17(11)29-4)18(22)24-20(23)25-19(26)16(21)12-5-7-14(27-2)8-6-12/h5-10,21H,1-4H3,(H4,22,23,24,25,26). The molecule has 9 nitrogen and oxygen atoms in total. The third-order valence-electron chi connectivity index (χ3n) is 4.00. The molecule has 2 rings (SSSR count). The van der Waals surface area contributed by atoms with E-state index in [1.54, 1.807) is 36.4 Å². The topological polar surface area (TPSA) is 145 Å². The van der Waals surface area contributed by atoms with Gasteiger partial charge in [0.15, 0.2) is 11.5 Å². The normalized spacial score (nSPS) is 11.7. The van der Waals surface area contributed by atoms with Gasteiger partial charge in [0.2, 0.25) is 5.96 Å². The van der Waals surface area contributed by atoms with Crippen molar-refractivity contribution in [1.29, 1.82) is 5.41 Å². The van der Waals surface area contributed by atoms with E-state index in [0.717, 1.165) is 5.56 Å². The maximum Gasteiger partial charge on any atom is 0.298 e. The Balaban J connectivity index is 2.24. The fraction of sp³-hybridized carbons (Fsp3) is 0.200. The number of nitrogens with two attached hydrogens (primary N) is 2. The minimum atomic E-state index is -0.840. The van der Waals surface area contributed by atoms with Gasteiger partial charge >= 0.3 is 0 Å². The molecule has 1 amide bonds. The highest BCUT2D eigenvalue weighted by atomic mass is 16.5. The predicted octanol–water partition coefficient (Wildman–Crippen LogP) is 1.64. The molecule has 0 aliphatic heterocycles. The Kier molecular flexibility index (Phi) is 6.91. The smallest absolute Gasteiger partial charge is 0.298 e. The van der Waals surface area contributed by atoms with Crippen molar-refractivity contribution in [3.05, 3.63) is 53.1 Å². The number of nitrogens with one attached hydrogen (secondary N) is 1. The van der Waals surface area contributed by atoms with E-state index in [4.69, 9.17) is 31.1 Å². The molecule has 0 aromatic heterocycles. The Labute approximate surface area is 168 Å². The molecule has 0 aliphatic rings. The van der Waals surface area contributed by atoms with Crippen molar-refractivity contribution in [3.63, 3.8) is 0 Å². The summed E-state index contributed by atoms with van der Waals surface area (Å²) in [6.45, 7) is 1.83. The van der Waals surface area contributed by atoms with Crippen LogP contribution in [0.5, 0.6) is 17.2 Å². The Morgan fingerprint density at radius 1 is 0.931 bits per heavy atom. The molecule has 0 aliphatic carbocycles. The number of amides is 1. The highest BCUT2D eigenvalue weighted by Gasteiger charge is 2.14. The molecule has 9 heteroatoms. The molecular formula is C20H23N5O4. The summed E-state index contributed by atoms with van der Waals surface area (Å²) >= 11 is 0. The number of amidine groups is 1. The highest BCUT2D eigenvalue weighted by Crippen LogP contribution is 2.31. The molecule has 0 atom stereocenters. The molecule has 0 spiro atoms. The number of ether oxygens (including phenoxy) is 3. The van der Waals surface area contributed by atoms with Crippen LogP contribution in [0.4, 0.5) is 0 Å². The maximum atomic E-state index is 12.2. The summed E-state index contributed by atoms with van der Waals surface area (Å²) in [4.78, 5) is 19.8. The van der Waals surface area contributed by atoms with Crippen molar-refractivity contribution in [2.45, 2.75) is 6.92 Å². The number of nitrogens with zero attached hydrogens (tertiary/aromatic N) is 2. The summed E-state index contributed by atoms with van der Waals surface area (Å²) in [5.74, 6) is 0.506. The van der Waals surface area contributed by atoms with E-state index in [0.29, 0.717) is 28.4 Å². The van der Waals surface area contributed by atoms with E-state index in [9.17, 15) is 4.79 Å². The van der Waals surface area contributed by atoms with Crippen molar-refractivity contribution in [2.75, 3.05) is 21.3 Å². The summed E-state index contributed by atoms with van der Waals surface area (Å²) in [5, 5.41) is 7.97. The van der Waals surface area contributed by atoms with Crippen LogP contribution in [-0.2, 0) is 4.79 Å². The monoisotopic (exact) mass is 397 g/mol. The summed E-state index contributed by atoms with van der Waals surface area (Å²) < 4.78 is 15.6. The molecule has 0 unspecified atom stereocenters. The molecule has 0 bridgehead atoms. The van der Waals surface area contributed by atoms with Crippen LogP contribution in [0.25, 0.3) is 0 Å². The lowest BCUT2D eigenvalue weighted by atomic mass is 10.1. The van der Waals surface area contributed by atoms with Crippen LogP contribution in [0.2, 0.25) is 0 Å². The van der Waals surface area contributed by atoms with Gasteiger partial charge in [-0.05, 0) is 48.9 Å². The molecule has 0 heterocycles. The summed E-state index contributed by atoms with van der Waals surface area (Å²) in [5.41, 5.74) is 13.1. The van der Waals surface area contributed by atoms with Crippen LogP contribution in [0.15, 0.2) is 46.4 Å². The van der Waals surface area contributed by atoms with Crippen LogP contribution in [-0.4, -0.2) is 44.7 Å². The molecule has 152 valence electrons. The Morgan fingerprint density at radius 2 is 1.59 bits per heavy atom. The molecule has 5 N–H and O–H groups in total. The van der Waals surface area contributed by atoms with Gasteiger partial charge in [0.1, 0.15) is 17.3 Å². The first-order valence-corrected chi connectivity index (χ1v) is 8.49. The molecular weight excluding hydrogens is 374 g/mol. The third kappa shape index (κ3) is 5.10. The highest BCUT2D eigenvalue weighted by molar-refractivity contribution is 6.45. The zero-order valence-electron chi connectivity index (χ0n) is 16.6. The zero-order chi connectivity index (χ0) is 21.6. The van der Waals surface area contributed by atoms with Crippen LogP contribution in [0, 0.1) is 12.3 Å². The molecule has 0 saturated heterocycles. The van der Waals surface area contributed by atoms with E-state index < -0.39 is 5.91 Å². The van der Waals surface area contributed by atoms with Crippen molar-refractivity contribution in [2.24, 2.45) is 21.5 Å². The number of carbonyl (C=O) groups is 1. The SMILES string of the molecule is COc1ccc(C(=N)C(=O)N=C(N)/N=C(\N)c2cc(C)c(OC)c(OC)c2)cc1. The van der Waals surface area contributed by atoms with Crippen LogP contribution >= 0.6 is 0 Å². The number of hydrogen-bond acceptors (Lipinski definition) is 5. The van der Waals surface area contributed by atoms with Crippen molar-refractivity contribution >= 4 is 23.4 Å². The van der Waals surface area contributed by atoms with E-state index in [-0.39, 0.29) is 17.5 Å². The molecule has 2 aromatic rings. The summed E-state index contributed by atoms with van der Waals surface area (Å²) in [6.07, 6.45) is 0. The van der Waals surface area contributed by atoms with Crippen molar-refractivity contribution < 1.29 is 19.0 Å². The Morgan fingerprint density at radius 3 is 2.14 bits per heavy atom. The van der Waals surface area contributed by atoms with Gasteiger partial charge in [-0.1, -0.05) is 0 Å². The molecule has 0 radical (unpaired) electrons. The largest absolute Gasteiger partial charge is 0.497 e. The third-order valence-corrected chi connectivity index (χ3v) is 4.00. The second kappa shape index (κ2) is 9.36. The number of rotatable bonds is 6. The predicted molar refractivity (Wildman–Crippen MR) is 111 cm³/mol. The number of carbonyl (C=O) groups excluding carboxylic acids is 1. The van der Waals surface area contributed by atoms with E-state index in [2.05, 4.69) is 9.98 Å². The Hall–Kier alpha value is -3.88. The fourth-order valence-electron chi connectivity index (χ4n) is 2.56. The number of aliphatic imine (C=N–C) groups is 2. The zero-order valence-corrected chi connectivity index (χ0v) is 16.6. The lowest BCUT2D eigenvalue weighted by molar-refractivity contribution is -0.111. The average Bonchev–Trinajstić information content (AvgIpc) is 2.72. The van der Waals surface area contributed by atoms with E-state index in [1.807, 2.05) is 6.92 Å². The number of hydrogen-bond donors (Lipinski definition) is 3. The lowest BCUT2D eigenvalue weighted by Crippen LogP contribution is -2.22. The number of guanidine groups is 1. The quantitative estimate of drug-likeness (QED) is 0.499. The van der Waals surface area contributed by atoms with E-state index in [1.165, 1.54) is 21.3 Å². The molecule has 0 saturated carbocycles. The first-order chi connectivity index (χ1) is 13.8. The van der Waals surface area contributed by atoms with Crippen molar-refractivity contribution in [1.82, 2.24) is 0 Å². The molecule has 29 heavy (non-hydrogen) atoms. The van der Waals surface area contributed by atoms with Gasteiger partial charge in [-0.2, -0.15) is 9.98 Å². The second-order valence-corrected chi connectivity index (χ2v) is 5.90. The first kappa shape index (κ1) is 21.4. The minimum Gasteiger partial charge on any atom is -0.497 e. The van der Waals surface area contributed by atoms with Gasteiger partial charge in [-0.15, -0.1) is 0 Å². The van der Waals surface area contributed by atoms with Gasteiger partial charge in [0, 0.05) is 11.1 Å². The van der Waals surface area contributed by atoms with Crippen molar-refractivity contribution in [3.8, 4) is 17.2 Å². The fourth-order valence-corrected chi connectivity index (χ4v) is 2.56. The molecule has 0 fully saturated rings. The van der Waals surface area contributed by atoms with Gasteiger partial charge in [-0.3, -0.25) is 10.2 Å². The summed E-state index contributed by atoms with van der Waals surface area (Å²) in [7, 11) is 4.57. The number of benzene rings is 2. The summed E-state index contributed by atoms with van der Waals surface area (Å²) in [6, 6.07) is 9.82. The van der Waals surface area contributed by atoms with Gasteiger partial charge < -0.3 is 25.7 Å². The molecule has 2 aromatic carbocycles. The Bertz CT molecular complexity index is 981. The number of methoxy groups -OCH3 is 3. The first-order valence-electron chi connectivity index (χ1n) is 8.49. The van der Waals surface area contributed by atoms with Crippen LogP contribution in [0.3, 0.4) is 0 Å². The van der Waals surface area contributed by atoms with E-state index >= 15 is 0 Å². The second-order valence-electron chi connectivity index (χ2n) is 5.90. The van der Waals surface area contributed by atoms with Gasteiger partial charge in [-0.25, -0.2) is 0 Å². The maximum absolute atomic E-state index is 12.2. The van der Waals surface area contributed by atoms with Gasteiger partial charge in [0.05, 0.1) is 21.3 Å². The van der Waals surface area contributed by atoms with Gasteiger partial charge in [0.25, 0.3) is 5.91 Å². The van der Waals surface area contributed by atoms with Crippen LogP contribution in [0.1, 0.15) is 16.7 Å². The minimum absolute atomic E-state index is 0.0408. The van der Waals surface area contributed by atoms with Crippen LogP contribution < -0.4 is 25.7 Å².